The van der Waals surface area contributed by atoms with Crippen molar-refractivity contribution < 1.29 is 0 Å². The first-order chi connectivity index (χ1) is 7.38. The number of nitrogens with two attached hydrogens (primary N) is 1. The average molecular weight is 235 g/mol. The maximum absolute atomic E-state index is 5.55. The monoisotopic (exact) mass is 235 g/mol. The molecular formula is C12H13NS2. The van der Waals surface area contributed by atoms with Gasteiger partial charge in [-0.1, -0.05) is 18.2 Å². The fourth-order valence-electron chi connectivity index (χ4n) is 1.27. The van der Waals surface area contributed by atoms with Crippen molar-refractivity contribution in [1.82, 2.24) is 0 Å². The Morgan fingerprint density at radius 1 is 1.13 bits per heavy atom. The van der Waals surface area contributed by atoms with Crippen LogP contribution in [0, 0.1) is 0 Å². The molecule has 0 aliphatic heterocycles. The van der Waals surface area contributed by atoms with Crippen LogP contribution in [0.5, 0.6) is 0 Å². The van der Waals surface area contributed by atoms with E-state index in [1.807, 2.05) is 23.1 Å². The molecule has 0 amide bonds. The Hall–Kier alpha value is -0.770. The molecule has 0 unspecified atom stereocenters. The summed E-state index contributed by atoms with van der Waals surface area (Å²) in [4.78, 5) is 2.73. The van der Waals surface area contributed by atoms with Crippen molar-refractivity contribution in [1.29, 1.82) is 0 Å². The molecule has 0 spiro atoms. The van der Waals surface area contributed by atoms with E-state index in [0.29, 0.717) is 6.54 Å². The van der Waals surface area contributed by atoms with Crippen LogP contribution in [0.2, 0.25) is 0 Å². The van der Waals surface area contributed by atoms with Crippen LogP contribution in [0.15, 0.2) is 46.7 Å². The number of thioether (sulfide) groups is 1. The summed E-state index contributed by atoms with van der Waals surface area (Å²) in [6, 6.07) is 12.7. The van der Waals surface area contributed by atoms with Crippen molar-refractivity contribution in [3.63, 3.8) is 0 Å². The van der Waals surface area contributed by atoms with E-state index in [4.69, 9.17) is 5.73 Å². The van der Waals surface area contributed by atoms with E-state index in [2.05, 4.69) is 41.8 Å². The van der Waals surface area contributed by atoms with Gasteiger partial charge < -0.3 is 5.73 Å². The molecule has 0 aliphatic carbocycles. The Balaban J connectivity index is 1.93. The average Bonchev–Trinajstić information content (AvgIpc) is 2.80. The Morgan fingerprint density at radius 3 is 2.53 bits per heavy atom. The summed E-state index contributed by atoms with van der Waals surface area (Å²) in [5.74, 6) is 1.06. The van der Waals surface area contributed by atoms with Crippen LogP contribution in [-0.4, -0.2) is 0 Å². The molecule has 0 saturated heterocycles. The van der Waals surface area contributed by atoms with Gasteiger partial charge in [0, 0.05) is 22.1 Å². The van der Waals surface area contributed by atoms with E-state index in [1.54, 1.807) is 0 Å². The molecule has 0 bridgehead atoms. The molecule has 1 heterocycles. The largest absolute Gasteiger partial charge is 0.326 e. The van der Waals surface area contributed by atoms with E-state index in [1.165, 1.54) is 15.3 Å². The second kappa shape index (κ2) is 5.35. The topological polar surface area (TPSA) is 26.0 Å². The minimum atomic E-state index is 0.621. The van der Waals surface area contributed by atoms with Crippen molar-refractivity contribution in [2.45, 2.75) is 17.2 Å². The zero-order valence-corrected chi connectivity index (χ0v) is 9.98. The summed E-state index contributed by atoms with van der Waals surface area (Å²) in [6.45, 7) is 0.621. The fourth-order valence-corrected chi connectivity index (χ4v) is 2.94. The predicted octanol–water partition coefficient (Wildman–Crippen LogP) is 3.50. The van der Waals surface area contributed by atoms with Gasteiger partial charge in [0.05, 0.1) is 0 Å². The van der Waals surface area contributed by atoms with Crippen LogP contribution in [0.3, 0.4) is 0 Å². The minimum absolute atomic E-state index is 0.621. The molecule has 2 aromatic rings. The van der Waals surface area contributed by atoms with Crippen LogP contribution >= 0.6 is 23.1 Å². The van der Waals surface area contributed by atoms with Crippen molar-refractivity contribution in [2.75, 3.05) is 0 Å². The molecule has 0 fully saturated rings. The molecule has 0 atom stereocenters. The molecule has 1 aromatic heterocycles. The number of benzene rings is 1. The zero-order valence-electron chi connectivity index (χ0n) is 8.35. The van der Waals surface area contributed by atoms with Gasteiger partial charge in [-0.05, 0) is 29.1 Å². The number of hydrogen-bond donors (Lipinski definition) is 1. The van der Waals surface area contributed by atoms with Crippen molar-refractivity contribution >= 4 is 23.1 Å². The van der Waals surface area contributed by atoms with Crippen LogP contribution in [0.1, 0.15) is 10.4 Å². The standard InChI is InChI=1S/C12H13NS2/c13-8-10-3-5-11(6-4-10)15-9-12-2-1-7-14-12/h1-7H,8-9,13H2. The van der Waals surface area contributed by atoms with Crippen LogP contribution in [0.25, 0.3) is 0 Å². The lowest BCUT2D eigenvalue weighted by molar-refractivity contribution is 1.07. The predicted molar refractivity (Wildman–Crippen MR) is 68.2 cm³/mol. The number of rotatable bonds is 4. The van der Waals surface area contributed by atoms with Gasteiger partial charge in [0.25, 0.3) is 0 Å². The maximum atomic E-state index is 5.55. The second-order valence-electron chi connectivity index (χ2n) is 3.22. The zero-order chi connectivity index (χ0) is 10.5. The van der Waals surface area contributed by atoms with Gasteiger partial charge in [-0.15, -0.1) is 23.1 Å². The third-order valence-electron chi connectivity index (χ3n) is 2.12. The molecule has 78 valence electrons. The molecule has 0 radical (unpaired) electrons. The van der Waals surface area contributed by atoms with E-state index < -0.39 is 0 Å². The summed E-state index contributed by atoms with van der Waals surface area (Å²) in [7, 11) is 0. The second-order valence-corrected chi connectivity index (χ2v) is 5.30. The van der Waals surface area contributed by atoms with Gasteiger partial charge in [-0.25, -0.2) is 0 Å². The normalized spacial score (nSPS) is 10.5. The van der Waals surface area contributed by atoms with Gasteiger partial charge in [-0.2, -0.15) is 0 Å². The first kappa shape index (κ1) is 10.7. The third kappa shape index (κ3) is 3.09. The molecule has 0 saturated carbocycles. The van der Waals surface area contributed by atoms with Crippen LogP contribution in [-0.2, 0) is 12.3 Å². The highest BCUT2D eigenvalue weighted by Crippen LogP contribution is 2.24. The van der Waals surface area contributed by atoms with Crippen molar-refractivity contribution in [2.24, 2.45) is 5.73 Å². The number of hydrogen-bond acceptors (Lipinski definition) is 3. The number of thiophene rings is 1. The van der Waals surface area contributed by atoms with E-state index >= 15 is 0 Å². The van der Waals surface area contributed by atoms with Crippen LogP contribution in [0.4, 0.5) is 0 Å². The molecule has 2 N–H and O–H groups in total. The lowest BCUT2D eigenvalue weighted by atomic mass is 10.2. The third-order valence-corrected chi connectivity index (χ3v) is 4.24. The van der Waals surface area contributed by atoms with Crippen molar-refractivity contribution in [3.8, 4) is 0 Å². The lowest BCUT2D eigenvalue weighted by Crippen LogP contribution is -1.94. The smallest absolute Gasteiger partial charge is 0.0326 e. The quantitative estimate of drug-likeness (QED) is 0.821. The fraction of sp³-hybridized carbons (Fsp3) is 0.167. The van der Waals surface area contributed by atoms with Gasteiger partial charge in [0.15, 0.2) is 0 Å². The van der Waals surface area contributed by atoms with Gasteiger partial charge in [0.2, 0.25) is 0 Å². The highest BCUT2D eigenvalue weighted by atomic mass is 32.2. The summed E-state index contributed by atoms with van der Waals surface area (Å²) in [5.41, 5.74) is 6.74. The highest BCUT2D eigenvalue weighted by molar-refractivity contribution is 7.98. The van der Waals surface area contributed by atoms with E-state index in [0.717, 1.165) is 5.75 Å². The van der Waals surface area contributed by atoms with Gasteiger partial charge in [0.1, 0.15) is 0 Å². The minimum Gasteiger partial charge on any atom is -0.326 e. The summed E-state index contributed by atoms with van der Waals surface area (Å²) in [6.07, 6.45) is 0. The van der Waals surface area contributed by atoms with E-state index in [-0.39, 0.29) is 0 Å². The Morgan fingerprint density at radius 2 is 1.93 bits per heavy atom. The highest BCUT2D eigenvalue weighted by Gasteiger charge is 1.97. The maximum Gasteiger partial charge on any atom is 0.0326 e. The Kier molecular flexibility index (Phi) is 3.83. The summed E-state index contributed by atoms with van der Waals surface area (Å²) < 4.78 is 0. The molecule has 0 aliphatic rings. The lowest BCUT2D eigenvalue weighted by Gasteiger charge is -2.01. The first-order valence-electron chi connectivity index (χ1n) is 4.82. The first-order valence-corrected chi connectivity index (χ1v) is 6.69. The van der Waals surface area contributed by atoms with Crippen molar-refractivity contribution in [3.05, 3.63) is 52.2 Å². The summed E-state index contributed by atoms with van der Waals surface area (Å²) >= 11 is 3.68. The molecular weight excluding hydrogens is 222 g/mol. The SMILES string of the molecule is NCc1ccc(SCc2cccs2)cc1. The van der Waals surface area contributed by atoms with Crippen LogP contribution < -0.4 is 5.73 Å². The molecule has 1 aromatic carbocycles. The summed E-state index contributed by atoms with van der Waals surface area (Å²) in [5, 5.41) is 2.12. The molecule has 1 nitrogen and oxygen atoms in total. The van der Waals surface area contributed by atoms with E-state index in [9.17, 15) is 0 Å². The van der Waals surface area contributed by atoms with Gasteiger partial charge >= 0.3 is 0 Å². The Labute approximate surface area is 98.3 Å². The Bertz CT molecular complexity index is 392. The van der Waals surface area contributed by atoms with Gasteiger partial charge in [-0.3, -0.25) is 0 Å². The molecule has 15 heavy (non-hydrogen) atoms. The molecule has 3 heteroatoms. The molecule has 2 rings (SSSR count).